The van der Waals surface area contributed by atoms with Crippen molar-refractivity contribution >= 4 is 54.3 Å². The number of aromatic hydroxyl groups is 1. The Bertz CT molecular complexity index is 2870. The number of fused-ring (bicyclic) bond motifs is 6. The summed E-state index contributed by atoms with van der Waals surface area (Å²) in [5.74, 6) is -0.536. The van der Waals surface area contributed by atoms with Crippen molar-refractivity contribution in [2.24, 2.45) is 0 Å². The molecular formula is C42H26O2. The van der Waals surface area contributed by atoms with Gasteiger partial charge in [0.2, 0.25) is 0 Å². The lowest BCUT2D eigenvalue weighted by atomic mass is 9.85. The Morgan fingerprint density at radius 1 is 0.455 bits per heavy atom. The van der Waals surface area contributed by atoms with Gasteiger partial charge in [-0.25, -0.2) is 0 Å². The summed E-state index contributed by atoms with van der Waals surface area (Å²) in [7, 11) is 0. The van der Waals surface area contributed by atoms with Crippen molar-refractivity contribution in [3.8, 4) is 39.1 Å². The zero-order chi connectivity index (χ0) is 35.3. The van der Waals surface area contributed by atoms with E-state index in [1.807, 2.05) is 91.0 Å². The molecule has 206 valence electrons. The zero-order valence-electron chi connectivity index (χ0n) is 30.2. The minimum Gasteiger partial charge on any atom is -0.507 e. The molecule has 1 aromatic heterocycles. The number of para-hydroxylation sites is 1. The van der Waals surface area contributed by atoms with Crippen LogP contribution in [0.2, 0.25) is 0 Å². The number of hydrogen-bond acceptors (Lipinski definition) is 2. The van der Waals surface area contributed by atoms with Gasteiger partial charge in [-0.15, -0.1) is 0 Å². The second-order valence-corrected chi connectivity index (χ2v) is 10.9. The molecular weight excluding hydrogens is 536 g/mol. The molecule has 1 heterocycles. The Morgan fingerprint density at radius 3 is 1.93 bits per heavy atom. The summed E-state index contributed by atoms with van der Waals surface area (Å²) in [4.78, 5) is 0. The summed E-state index contributed by atoms with van der Waals surface area (Å²) in [6, 6.07) is 31.8. The molecule has 0 spiro atoms. The Balaban J connectivity index is 1.45. The summed E-state index contributed by atoms with van der Waals surface area (Å²) in [6.07, 6.45) is 0. The van der Waals surface area contributed by atoms with Crippen LogP contribution < -0.4 is 0 Å². The molecule has 0 radical (unpaired) electrons. The van der Waals surface area contributed by atoms with E-state index in [0.29, 0.717) is 22.3 Å². The second-order valence-electron chi connectivity index (χ2n) is 10.9. The summed E-state index contributed by atoms with van der Waals surface area (Å²) in [6.45, 7) is 0. The fourth-order valence-corrected chi connectivity index (χ4v) is 6.44. The van der Waals surface area contributed by atoms with E-state index in [4.69, 9.17) is 9.90 Å². The largest absolute Gasteiger partial charge is 0.507 e. The smallest absolute Gasteiger partial charge is 0.135 e. The summed E-state index contributed by atoms with van der Waals surface area (Å²) >= 11 is 0. The molecule has 0 unspecified atom stereocenters. The van der Waals surface area contributed by atoms with Crippen LogP contribution in [-0.4, -0.2) is 5.11 Å². The molecule has 0 aliphatic rings. The second kappa shape index (κ2) is 9.58. The van der Waals surface area contributed by atoms with Crippen LogP contribution in [0.1, 0.15) is 9.60 Å². The summed E-state index contributed by atoms with van der Waals surface area (Å²) in [5.41, 5.74) is 4.96. The Hall–Kier alpha value is -5.86. The molecule has 9 rings (SSSR count). The highest BCUT2D eigenvalue weighted by atomic mass is 16.3. The zero-order valence-corrected chi connectivity index (χ0v) is 23.2. The van der Waals surface area contributed by atoms with E-state index in [1.165, 1.54) is 0 Å². The molecule has 9 aromatic rings. The van der Waals surface area contributed by atoms with Crippen LogP contribution in [0, 0.1) is 0 Å². The number of hydrogen-bond donors (Lipinski definition) is 1. The van der Waals surface area contributed by atoms with Gasteiger partial charge in [0.25, 0.3) is 0 Å². The van der Waals surface area contributed by atoms with Crippen molar-refractivity contribution in [2.45, 2.75) is 0 Å². The van der Waals surface area contributed by atoms with Crippen molar-refractivity contribution in [3.05, 3.63) is 151 Å². The number of rotatable bonds is 3. The third kappa shape index (κ3) is 3.75. The van der Waals surface area contributed by atoms with Crippen LogP contribution >= 0.6 is 0 Å². The Kier molecular flexibility index (Phi) is 4.06. The van der Waals surface area contributed by atoms with E-state index in [9.17, 15) is 9.22 Å². The van der Waals surface area contributed by atoms with E-state index < -0.39 is 29.9 Å². The van der Waals surface area contributed by atoms with E-state index >= 15 is 0 Å². The van der Waals surface area contributed by atoms with Crippen molar-refractivity contribution in [2.75, 3.05) is 0 Å². The maximum absolute atomic E-state index is 11.8. The lowest BCUT2D eigenvalue weighted by Crippen LogP contribution is -1.91. The van der Waals surface area contributed by atoms with E-state index in [0.717, 1.165) is 32.7 Å². The SMILES string of the molecule is [2H]c1c([2H])c([2H])c2c(-c3ccc4cc(-c5ccccc5)ccc4c3)c3c(O)c([2H])c([2H])c([2H])c3c(-c3ccc4oc5ccccc5c4c3)c2c1[2H]. The van der Waals surface area contributed by atoms with Gasteiger partial charge < -0.3 is 9.52 Å². The molecule has 0 saturated heterocycles. The van der Waals surface area contributed by atoms with Gasteiger partial charge in [0, 0.05) is 21.7 Å². The first kappa shape index (κ1) is 18.6. The van der Waals surface area contributed by atoms with Crippen LogP contribution in [0.25, 0.3) is 87.6 Å². The van der Waals surface area contributed by atoms with Gasteiger partial charge in [0.1, 0.15) is 16.9 Å². The predicted octanol–water partition coefficient (Wildman–Crippen LogP) is 11.8. The highest BCUT2D eigenvalue weighted by molar-refractivity contribution is 6.23. The molecule has 0 saturated carbocycles. The van der Waals surface area contributed by atoms with Crippen LogP contribution in [0.15, 0.2) is 156 Å². The molecule has 0 bridgehead atoms. The molecule has 0 atom stereocenters. The van der Waals surface area contributed by atoms with E-state index in [2.05, 4.69) is 6.07 Å². The van der Waals surface area contributed by atoms with Crippen molar-refractivity contribution < 1.29 is 19.1 Å². The average Bonchev–Trinajstić information content (AvgIpc) is 3.54. The Morgan fingerprint density at radius 2 is 1.09 bits per heavy atom. The van der Waals surface area contributed by atoms with E-state index in [1.54, 1.807) is 12.1 Å². The quantitative estimate of drug-likeness (QED) is 0.215. The molecule has 0 aliphatic carbocycles. The lowest BCUT2D eigenvalue weighted by molar-refractivity contribution is 0.482. The van der Waals surface area contributed by atoms with Crippen molar-refractivity contribution in [3.63, 3.8) is 0 Å². The maximum atomic E-state index is 11.8. The average molecular weight is 570 g/mol. The maximum Gasteiger partial charge on any atom is 0.135 e. The molecule has 0 amide bonds. The normalized spacial score (nSPS) is 14.0. The monoisotopic (exact) mass is 569 g/mol. The molecule has 2 heteroatoms. The van der Waals surface area contributed by atoms with E-state index in [-0.39, 0.29) is 50.8 Å². The van der Waals surface area contributed by atoms with Gasteiger partial charge in [-0.05, 0) is 91.1 Å². The molecule has 2 nitrogen and oxygen atoms in total. The third-order valence-electron chi connectivity index (χ3n) is 8.44. The number of phenols is 1. The fraction of sp³-hybridized carbons (Fsp3) is 0. The first-order valence-corrected chi connectivity index (χ1v) is 14.3. The lowest BCUT2D eigenvalue weighted by Gasteiger charge is -2.19. The number of benzene rings is 8. The molecule has 1 N–H and O–H groups in total. The molecule has 0 aliphatic heterocycles. The first-order chi connectivity index (χ1) is 24.6. The van der Waals surface area contributed by atoms with Crippen LogP contribution in [0.5, 0.6) is 5.75 Å². The van der Waals surface area contributed by atoms with Gasteiger partial charge in [-0.3, -0.25) is 0 Å². The third-order valence-corrected chi connectivity index (χ3v) is 8.44. The highest BCUT2D eigenvalue weighted by Crippen LogP contribution is 2.47. The molecule has 44 heavy (non-hydrogen) atoms. The number of furan rings is 1. The summed E-state index contributed by atoms with van der Waals surface area (Å²) < 4.78 is 68.6. The van der Waals surface area contributed by atoms with Gasteiger partial charge in [0.05, 0.1) is 9.60 Å². The molecule has 0 fully saturated rings. The predicted molar refractivity (Wildman–Crippen MR) is 184 cm³/mol. The van der Waals surface area contributed by atoms with Crippen molar-refractivity contribution in [1.29, 1.82) is 0 Å². The van der Waals surface area contributed by atoms with Crippen molar-refractivity contribution in [1.82, 2.24) is 0 Å². The standard InChI is InChI=1S/C42H26O2/c43-37-15-8-14-35-40(31-21-22-39-36(25-31)32-11-6-7-16-38(32)44-39)33-12-4-5-13-34(33)41(42(35)37)30-20-19-28-23-27(17-18-29(28)24-30)26-9-2-1-3-10-26/h1-25,43H/i4D,5D,8D,12D,13D,14D,15D. The van der Waals surface area contributed by atoms with Crippen LogP contribution in [-0.2, 0) is 0 Å². The van der Waals surface area contributed by atoms with Crippen LogP contribution in [0.3, 0.4) is 0 Å². The minimum atomic E-state index is -0.538. The molecule has 8 aromatic carbocycles. The highest BCUT2D eigenvalue weighted by Gasteiger charge is 2.20. The topological polar surface area (TPSA) is 33.4 Å². The Labute approximate surface area is 263 Å². The van der Waals surface area contributed by atoms with Gasteiger partial charge >= 0.3 is 0 Å². The van der Waals surface area contributed by atoms with Crippen LogP contribution in [0.4, 0.5) is 0 Å². The number of phenolic OH excluding ortho intramolecular Hbond substituents is 1. The minimum absolute atomic E-state index is 0.0749. The van der Waals surface area contributed by atoms with Gasteiger partial charge in [-0.1, -0.05) is 115 Å². The summed E-state index contributed by atoms with van der Waals surface area (Å²) in [5, 5.41) is 15.7. The van der Waals surface area contributed by atoms with Gasteiger partial charge in [-0.2, -0.15) is 0 Å². The van der Waals surface area contributed by atoms with Gasteiger partial charge in [0.15, 0.2) is 0 Å². The first-order valence-electron chi connectivity index (χ1n) is 17.8. The fourth-order valence-electron chi connectivity index (χ4n) is 6.44.